The number of rotatable bonds is 6. The number of non-ortho nitro benzene ring substituents is 1. The summed E-state index contributed by atoms with van der Waals surface area (Å²) < 4.78 is 5.75. The number of nitrogens with zero attached hydrogens (tertiary/aromatic N) is 1. The van der Waals surface area contributed by atoms with Crippen LogP contribution in [0.4, 0.5) is 5.69 Å². The first-order valence-electron chi connectivity index (χ1n) is 6.67. The summed E-state index contributed by atoms with van der Waals surface area (Å²) in [5.41, 5.74) is 2.80. The fourth-order valence-corrected chi connectivity index (χ4v) is 2.10. The minimum absolute atomic E-state index is 0.0610. The van der Waals surface area contributed by atoms with E-state index in [1.165, 1.54) is 12.1 Å². The molecule has 2 aromatic carbocycles. The van der Waals surface area contributed by atoms with Gasteiger partial charge in [0.15, 0.2) is 0 Å². The van der Waals surface area contributed by atoms with E-state index in [4.69, 9.17) is 4.74 Å². The predicted molar refractivity (Wildman–Crippen MR) is 79.4 cm³/mol. The number of aliphatic hydroxyl groups is 1. The van der Waals surface area contributed by atoms with E-state index in [1.54, 1.807) is 12.1 Å². The zero-order valence-electron chi connectivity index (χ0n) is 11.8. The van der Waals surface area contributed by atoms with Gasteiger partial charge in [0.05, 0.1) is 18.1 Å². The van der Waals surface area contributed by atoms with Crippen LogP contribution < -0.4 is 4.74 Å². The van der Waals surface area contributed by atoms with E-state index in [0.717, 1.165) is 16.7 Å². The Bertz CT molecular complexity index is 623. The van der Waals surface area contributed by atoms with E-state index >= 15 is 0 Å². The van der Waals surface area contributed by atoms with Crippen molar-refractivity contribution in [3.8, 4) is 5.75 Å². The van der Waals surface area contributed by atoms with Crippen molar-refractivity contribution in [3.05, 3.63) is 69.3 Å². The summed E-state index contributed by atoms with van der Waals surface area (Å²) in [6.07, 6.45) is 0.650. The number of para-hydroxylation sites is 1. The van der Waals surface area contributed by atoms with Gasteiger partial charge in [-0.1, -0.05) is 30.3 Å². The van der Waals surface area contributed by atoms with Gasteiger partial charge in [0.2, 0.25) is 0 Å². The molecule has 1 N–H and O–H groups in total. The Labute approximate surface area is 123 Å². The predicted octanol–water partition coefficient (Wildman–Crippen LogP) is 3.02. The van der Waals surface area contributed by atoms with Crippen molar-refractivity contribution in [1.82, 2.24) is 0 Å². The smallest absolute Gasteiger partial charge is 0.269 e. The molecule has 110 valence electrons. The molecule has 5 heteroatoms. The lowest BCUT2D eigenvalue weighted by molar-refractivity contribution is -0.384. The summed E-state index contributed by atoms with van der Waals surface area (Å²) in [6.45, 7) is 2.32. The summed E-state index contributed by atoms with van der Waals surface area (Å²) in [5, 5.41) is 19.9. The highest BCUT2D eigenvalue weighted by Crippen LogP contribution is 2.23. The van der Waals surface area contributed by atoms with Crippen LogP contribution in [0.15, 0.2) is 42.5 Å². The van der Waals surface area contributed by atoms with E-state index in [-0.39, 0.29) is 12.3 Å². The van der Waals surface area contributed by atoms with E-state index in [9.17, 15) is 15.2 Å². The van der Waals surface area contributed by atoms with Gasteiger partial charge in [0, 0.05) is 24.1 Å². The molecule has 0 unspecified atom stereocenters. The summed E-state index contributed by atoms with van der Waals surface area (Å²) in [7, 11) is 0. The topological polar surface area (TPSA) is 72.6 Å². The van der Waals surface area contributed by atoms with Crippen LogP contribution in [0.3, 0.4) is 0 Å². The molecule has 0 fully saturated rings. The molecule has 21 heavy (non-hydrogen) atoms. The summed E-state index contributed by atoms with van der Waals surface area (Å²) in [4.78, 5) is 10.2. The minimum atomic E-state index is -0.416. The molecule has 2 aromatic rings. The van der Waals surface area contributed by atoms with Gasteiger partial charge in [-0.2, -0.15) is 0 Å². The number of nitro groups is 1. The Morgan fingerprint density at radius 1 is 1.19 bits per heavy atom. The second-order valence-electron chi connectivity index (χ2n) is 4.74. The van der Waals surface area contributed by atoms with Crippen LogP contribution in [-0.4, -0.2) is 16.6 Å². The number of ether oxygens (including phenoxy) is 1. The highest BCUT2D eigenvalue weighted by molar-refractivity contribution is 5.40. The second kappa shape index (κ2) is 6.85. The van der Waals surface area contributed by atoms with Gasteiger partial charge >= 0.3 is 0 Å². The second-order valence-corrected chi connectivity index (χ2v) is 4.74. The average Bonchev–Trinajstić information content (AvgIpc) is 2.49. The Morgan fingerprint density at radius 2 is 1.90 bits per heavy atom. The van der Waals surface area contributed by atoms with E-state index in [0.29, 0.717) is 18.8 Å². The van der Waals surface area contributed by atoms with Gasteiger partial charge in [0.1, 0.15) is 5.75 Å². The zero-order chi connectivity index (χ0) is 15.2. The molecule has 0 aliphatic heterocycles. The normalized spacial score (nSPS) is 10.4. The first kappa shape index (κ1) is 15.0. The lowest BCUT2D eigenvalue weighted by Crippen LogP contribution is -2.05. The standard InChI is InChI=1S/C16H17NO4/c1-12-3-2-4-14(11-18)16(12)21-10-9-13-5-7-15(8-6-13)17(19)20/h2-8,18H,9-11H2,1H3. The molecular formula is C16H17NO4. The molecule has 2 rings (SSSR count). The van der Waals surface area contributed by atoms with Crippen molar-refractivity contribution in [2.75, 3.05) is 6.61 Å². The Morgan fingerprint density at radius 3 is 2.52 bits per heavy atom. The van der Waals surface area contributed by atoms with Crippen molar-refractivity contribution < 1.29 is 14.8 Å². The van der Waals surface area contributed by atoms with Gasteiger partial charge in [-0.3, -0.25) is 10.1 Å². The number of benzene rings is 2. The lowest BCUT2D eigenvalue weighted by Gasteiger charge is -2.12. The molecule has 0 heterocycles. The molecule has 0 spiro atoms. The number of nitro benzene ring substituents is 1. The van der Waals surface area contributed by atoms with E-state index in [1.807, 2.05) is 25.1 Å². The van der Waals surface area contributed by atoms with Crippen molar-refractivity contribution >= 4 is 5.69 Å². The van der Waals surface area contributed by atoms with Crippen LogP contribution in [0.5, 0.6) is 5.75 Å². The first-order chi connectivity index (χ1) is 10.1. The van der Waals surface area contributed by atoms with Crippen LogP contribution >= 0.6 is 0 Å². The Balaban J connectivity index is 1.97. The molecule has 5 nitrogen and oxygen atoms in total. The highest BCUT2D eigenvalue weighted by Gasteiger charge is 2.07. The van der Waals surface area contributed by atoms with Crippen LogP contribution in [0.1, 0.15) is 16.7 Å². The zero-order valence-corrected chi connectivity index (χ0v) is 11.8. The van der Waals surface area contributed by atoms with Crippen LogP contribution in [0.25, 0.3) is 0 Å². The lowest BCUT2D eigenvalue weighted by atomic mass is 10.1. The Hall–Kier alpha value is -2.40. The number of aryl methyl sites for hydroxylation is 1. The minimum Gasteiger partial charge on any atom is -0.493 e. The summed E-state index contributed by atoms with van der Waals surface area (Å²) in [6, 6.07) is 12.1. The van der Waals surface area contributed by atoms with Crippen molar-refractivity contribution in [3.63, 3.8) is 0 Å². The molecule has 0 amide bonds. The highest BCUT2D eigenvalue weighted by atomic mass is 16.6. The van der Waals surface area contributed by atoms with Crippen LogP contribution in [-0.2, 0) is 13.0 Å². The van der Waals surface area contributed by atoms with Gasteiger partial charge in [-0.15, -0.1) is 0 Å². The SMILES string of the molecule is Cc1cccc(CO)c1OCCc1ccc([N+](=O)[O-])cc1. The molecule has 0 atom stereocenters. The molecule has 0 aromatic heterocycles. The van der Waals surface area contributed by atoms with Crippen molar-refractivity contribution in [2.24, 2.45) is 0 Å². The van der Waals surface area contributed by atoms with Gasteiger partial charge in [-0.05, 0) is 18.1 Å². The van der Waals surface area contributed by atoms with Gasteiger partial charge < -0.3 is 9.84 Å². The summed E-state index contributed by atoms with van der Waals surface area (Å²) in [5.74, 6) is 0.710. The third-order valence-corrected chi connectivity index (χ3v) is 3.25. The van der Waals surface area contributed by atoms with Crippen molar-refractivity contribution in [2.45, 2.75) is 20.0 Å². The number of hydrogen-bond acceptors (Lipinski definition) is 4. The first-order valence-corrected chi connectivity index (χ1v) is 6.67. The molecule has 0 radical (unpaired) electrons. The maximum atomic E-state index is 10.6. The largest absolute Gasteiger partial charge is 0.493 e. The number of hydrogen-bond donors (Lipinski definition) is 1. The summed E-state index contributed by atoms with van der Waals surface area (Å²) >= 11 is 0. The van der Waals surface area contributed by atoms with Crippen LogP contribution in [0, 0.1) is 17.0 Å². The molecular weight excluding hydrogens is 270 g/mol. The quantitative estimate of drug-likeness (QED) is 0.654. The fraction of sp³-hybridized carbons (Fsp3) is 0.250. The Kier molecular flexibility index (Phi) is 4.90. The van der Waals surface area contributed by atoms with Gasteiger partial charge in [-0.25, -0.2) is 0 Å². The van der Waals surface area contributed by atoms with Gasteiger partial charge in [0.25, 0.3) is 5.69 Å². The maximum absolute atomic E-state index is 10.6. The van der Waals surface area contributed by atoms with Crippen molar-refractivity contribution in [1.29, 1.82) is 0 Å². The van der Waals surface area contributed by atoms with E-state index in [2.05, 4.69) is 0 Å². The number of aliphatic hydroxyl groups excluding tert-OH is 1. The molecule has 0 saturated carbocycles. The molecule has 0 bridgehead atoms. The molecule has 0 aliphatic carbocycles. The van der Waals surface area contributed by atoms with E-state index < -0.39 is 4.92 Å². The average molecular weight is 287 g/mol. The fourth-order valence-electron chi connectivity index (χ4n) is 2.10. The maximum Gasteiger partial charge on any atom is 0.269 e. The molecule has 0 saturated heterocycles. The van der Waals surface area contributed by atoms with Crippen LogP contribution in [0.2, 0.25) is 0 Å². The monoisotopic (exact) mass is 287 g/mol. The molecule has 0 aliphatic rings. The third kappa shape index (κ3) is 3.79. The third-order valence-electron chi connectivity index (χ3n) is 3.25.